The molecular weight excluding hydrogens is 298 g/mol. The second-order valence-corrected chi connectivity index (χ2v) is 4.17. The van der Waals surface area contributed by atoms with Crippen LogP contribution >= 0.6 is 11.6 Å². The van der Waals surface area contributed by atoms with Crippen molar-refractivity contribution < 1.29 is 9.72 Å². The summed E-state index contributed by atoms with van der Waals surface area (Å²) in [6.07, 6.45) is 2.33. The van der Waals surface area contributed by atoms with Crippen LogP contribution in [0.15, 0.2) is 30.6 Å². The summed E-state index contributed by atoms with van der Waals surface area (Å²) >= 11 is 5.55. The van der Waals surface area contributed by atoms with Gasteiger partial charge in [-0.15, -0.1) is 0 Å². The first-order valence-electron chi connectivity index (χ1n) is 5.48. The summed E-state index contributed by atoms with van der Waals surface area (Å²) in [6, 6.07) is 5.49. The van der Waals surface area contributed by atoms with Crippen LogP contribution in [0.1, 0.15) is 16.1 Å². The van der Waals surface area contributed by atoms with E-state index in [1.54, 1.807) is 6.07 Å². The number of nitro benzene ring substituents is 1. The summed E-state index contributed by atoms with van der Waals surface area (Å²) in [5.41, 5.74) is -0.353. The second kappa shape index (κ2) is 5.94. The molecule has 9 heteroatoms. The highest BCUT2D eigenvalue weighted by Gasteiger charge is 2.18. The lowest BCUT2D eigenvalue weighted by Crippen LogP contribution is -2.15. The third kappa shape index (κ3) is 3.29. The first-order chi connectivity index (χ1) is 10.0. The molecule has 2 rings (SSSR count). The molecule has 1 aromatic carbocycles. The fourth-order valence-corrected chi connectivity index (χ4v) is 1.57. The van der Waals surface area contributed by atoms with Gasteiger partial charge >= 0.3 is 0 Å². The number of nitro groups is 1. The molecule has 1 heterocycles. The molecule has 0 spiro atoms. The lowest BCUT2D eigenvalue weighted by Gasteiger charge is -2.05. The molecule has 0 saturated heterocycles. The third-order valence-corrected chi connectivity index (χ3v) is 2.62. The number of hydrogen-bond acceptors (Lipinski definition) is 6. The maximum atomic E-state index is 11.9. The fourth-order valence-electron chi connectivity index (χ4n) is 1.47. The first kappa shape index (κ1) is 14.4. The smallest absolute Gasteiger partial charge is 0.294 e. The lowest BCUT2D eigenvalue weighted by molar-refractivity contribution is -0.383. The number of halogens is 1. The molecule has 0 bridgehead atoms. The summed E-state index contributed by atoms with van der Waals surface area (Å²) < 4.78 is 0. The van der Waals surface area contributed by atoms with Crippen molar-refractivity contribution in [2.24, 2.45) is 0 Å². The zero-order valence-electron chi connectivity index (χ0n) is 10.3. The van der Waals surface area contributed by atoms with Crippen molar-refractivity contribution in [1.29, 1.82) is 5.26 Å². The van der Waals surface area contributed by atoms with Gasteiger partial charge < -0.3 is 5.32 Å². The molecule has 0 unspecified atom stereocenters. The van der Waals surface area contributed by atoms with Gasteiger partial charge in [0.05, 0.1) is 28.9 Å². The van der Waals surface area contributed by atoms with Crippen molar-refractivity contribution in [3.05, 3.63) is 57.1 Å². The molecule has 21 heavy (non-hydrogen) atoms. The SMILES string of the molecule is N#Cc1ccc(NC(=O)c2cnc(Cl)cn2)c([N+](=O)[O-])c1. The highest BCUT2D eigenvalue weighted by atomic mass is 35.5. The van der Waals surface area contributed by atoms with E-state index < -0.39 is 10.8 Å². The van der Waals surface area contributed by atoms with Crippen molar-refractivity contribution in [3.63, 3.8) is 0 Å². The van der Waals surface area contributed by atoms with Gasteiger partial charge in [0.1, 0.15) is 16.5 Å². The number of rotatable bonds is 3. The minimum absolute atomic E-state index is 0.0410. The number of amides is 1. The molecule has 104 valence electrons. The van der Waals surface area contributed by atoms with Gasteiger partial charge in [-0.05, 0) is 12.1 Å². The second-order valence-electron chi connectivity index (χ2n) is 3.78. The molecule has 0 atom stereocenters. The van der Waals surface area contributed by atoms with Gasteiger partial charge in [-0.1, -0.05) is 11.6 Å². The molecule has 1 N–H and O–H groups in total. The Hall–Kier alpha value is -3.05. The Balaban J connectivity index is 2.31. The number of benzene rings is 1. The van der Waals surface area contributed by atoms with Gasteiger partial charge in [-0.25, -0.2) is 9.97 Å². The molecule has 0 aliphatic carbocycles. The van der Waals surface area contributed by atoms with Gasteiger partial charge in [0.15, 0.2) is 0 Å². The van der Waals surface area contributed by atoms with Crippen molar-refractivity contribution in [1.82, 2.24) is 9.97 Å². The van der Waals surface area contributed by atoms with E-state index in [4.69, 9.17) is 16.9 Å². The van der Waals surface area contributed by atoms with Crippen molar-refractivity contribution in [2.45, 2.75) is 0 Å². The number of hydrogen-bond donors (Lipinski definition) is 1. The molecule has 1 aromatic heterocycles. The van der Waals surface area contributed by atoms with E-state index in [1.807, 2.05) is 0 Å². The normalized spacial score (nSPS) is 9.71. The van der Waals surface area contributed by atoms with E-state index in [9.17, 15) is 14.9 Å². The quantitative estimate of drug-likeness (QED) is 0.684. The summed E-state index contributed by atoms with van der Waals surface area (Å²) in [5.74, 6) is -0.674. The molecule has 8 nitrogen and oxygen atoms in total. The number of carbonyl (C=O) groups excluding carboxylic acids is 1. The number of aromatic nitrogens is 2. The topological polar surface area (TPSA) is 122 Å². The van der Waals surface area contributed by atoms with E-state index in [-0.39, 0.29) is 27.8 Å². The highest BCUT2D eigenvalue weighted by Crippen LogP contribution is 2.25. The molecule has 0 aliphatic rings. The van der Waals surface area contributed by atoms with E-state index >= 15 is 0 Å². The summed E-state index contributed by atoms with van der Waals surface area (Å²) in [5, 5.41) is 22.1. The third-order valence-electron chi connectivity index (χ3n) is 2.42. The maximum absolute atomic E-state index is 11.9. The van der Waals surface area contributed by atoms with Crippen LogP contribution in [0.2, 0.25) is 5.15 Å². The molecule has 0 radical (unpaired) electrons. The first-order valence-corrected chi connectivity index (χ1v) is 5.86. The molecule has 0 saturated carbocycles. The summed E-state index contributed by atoms with van der Waals surface area (Å²) in [6.45, 7) is 0. The monoisotopic (exact) mass is 303 g/mol. The lowest BCUT2D eigenvalue weighted by atomic mass is 10.2. The molecule has 1 amide bonds. The van der Waals surface area contributed by atoms with Crippen LogP contribution in [0, 0.1) is 21.4 Å². The van der Waals surface area contributed by atoms with Crippen LogP contribution < -0.4 is 5.32 Å². The number of carbonyl (C=O) groups is 1. The average Bonchev–Trinajstić information content (AvgIpc) is 2.48. The molecule has 0 fully saturated rings. The maximum Gasteiger partial charge on any atom is 0.294 e. The number of nitrogens with one attached hydrogen (secondary N) is 1. The Morgan fingerprint density at radius 3 is 2.71 bits per heavy atom. The standard InChI is InChI=1S/C12H6ClN5O3/c13-11-6-15-9(5-16-11)12(19)17-8-2-1-7(4-14)3-10(8)18(20)21/h1-3,5-6H,(H,17,19). The van der Waals surface area contributed by atoms with Crippen LogP contribution in [0.3, 0.4) is 0 Å². The van der Waals surface area contributed by atoms with Crippen LogP contribution in [0.25, 0.3) is 0 Å². The Bertz CT molecular complexity index is 754. The van der Waals surface area contributed by atoms with Gasteiger partial charge in [0.2, 0.25) is 0 Å². The van der Waals surface area contributed by atoms with Gasteiger partial charge in [0.25, 0.3) is 11.6 Å². The van der Waals surface area contributed by atoms with Gasteiger partial charge in [-0.2, -0.15) is 5.26 Å². The van der Waals surface area contributed by atoms with Gasteiger partial charge in [-0.3, -0.25) is 14.9 Å². The Kier molecular flexibility index (Phi) is 4.06. The molecule has 0 aliphatic heterocycles. The molecule has 2 aromatic rings. The van der Waals surface area contributed by atoms with E-state index in [1.165, 1.54) is 18.3 Å². The van der Waals surface area contributed by atoms with Crippen LogP contribution in [0.4, 0.5) is 11.4 Å². The minimum atomic E-state index is -0.690. The Labute approximate surface area is 123 Å². The zero-order valence-corrected chi connectivity index (χ0v) is 11.0. The minimum Gasteiger partial charge on any atom is -0.315 e. The Morgan fingerprint density at radius 1 is 1.38 bits per heavy atom. The number of nitrogens with zero attached hydrogens (tertiary/aromatic N) is 4. The fraction of sp³-hybridized carbons (Fsp3) is 0. The van der Waals surface area contributed by atoms with E-state index in [0.717, 1.165) is 12.3 Å². The van der Waals surface area contributed by atoms with Crippen LogP contribution in [-0.4, -0.2) is 20.8 Å². The molecular formula is C12H6ClN5O3. The summed E-state index contributed by atoms with van der Waals surface area (Å²) in [4.78, 5) is 29.6. The predicted octanol–water partition coefficient (Wildman–Crippen LogP) is 2.16. The number of nitriles is 1. The average molecular weight is 304 g/mol. The number of anilines is 1. The largest absolute Gasteiger partial charge is 0.315 e. The highest BCUT2D eigenvalue weighted by molar-refractivity contribution is 6.29. The Morgan fingerprint density at radius 2 is 2.14 bits per heavy atom. The predicted molar refractivity (Wildman–Crippen MR) is 72.8 cm³/mol. The van der Waals surface area contributed by atoms with Crippen LogP contribution in [0.5, 0.6) is 0 Å². The van der Waals surface area contributed by atoms with Crippen molar-refractivity contribution in [3.8, 4) is 6.07 Å². The van der Waals surface area contributed by atoms with E-state index in [0.29, 0.717) is 0 Å². The van der Waals surface area contributed by atoms with Crippen LogP contribution in [-0.2, 0) is 0 Å². The van der Waals surface area contributed by atoms with Crippen molar-refractivity contribution >= 4 is 28.9 Å². The van der Waals surface area contributed by atoms with Crippen molar-refractivity contribution in [2.75, 3.05) is 5.32 Å². The van der Waals surface area contributed by atoms with Gasteiger partial charge in [0, 0.05) is 6.07 Å². The summed E-state index contributed by atoms with van der Waals surface area (Å²) in [7, 11) is 0. The van der Waals surface area contributed by atoms with E-state index in [2.05, 4.69) is 15.3 Å². The zero-order chi connectivity index (χ0) is 15.4.